The van der Waals surface area contributed by atoms with E-state index in [9.17, 15) is 24.3 Å². The number of aliphatic hydroxyl groups is 1. The first-order chi connectivity index (χ1) is 20.5. The molecule has 2 fully saturated rings. The van der Waals surface area contributed by atoms with Crippen LogP contribution in [0, 0.1) is 17.8 Å². The van der Waals surface area contributed by atoms with Gasteiger partial charge in [0.25, 0.3) is 5.91 Å². The van der Waals surface area contributed by atoms with Crippen LogP contribution in [0.3, 0.4) is 0 Å². The number of carbonyl (C=O) groups is 4. The Kier molecular flexibility index (Phi) is 9.01. The van der Waals surface area contributed by atoms with E-state index < -0.39 is 59.5 Å². The van der Waals surface area contributed by atoms with Gasteiger partial charge in [0.05, 0.1) is 32.2 Å². The van der Waals surface area contributed by atoms with E-state index in [0.29, 0.717) is 22.3 Å². The summed E-state index contributed by atoms with van der Waals surface area (Å²) in [6.45, 7) is 5.30. The van der Waals surface area contributed by atoms with Crippen LogP contribution in [0.2, 0.25) is 0 Å². The summed E-state index contributed by atoms with van der Waals surface area (Å²) in [5.41, 5.74) is -0.910. The fourth-order valence-electron chi connectivity index (χ4n) is 6.59. The van der Waals surface area contributed by atoms with Gasteiger partial charge >= 0.3 is 5.97 Å². The van der Waals surface area contributed by atoms with Gasteiger partial charge in [0.15, 0.2) is 0 Å². The number of methoxy groups -OCH3 is 1. The summed E-state index contributed by atoms with van der Waals surface area (Å²) in [6.07, 6.45) is 4.57. The molecule has 11 nitrogen and oxygen atoms in total. The van der Waals surface area contributed by atoms with Gasteiger partial charge in [-0.05, 0) is 49.6 Å². The highest BCUT2D eigenvalue weighted by atomic mass is 79.9. The first kappa shape index (κ1) is 31.2. The van der Waals surface area contributed by atoms with Gasteiger partial charge in [0.1, 0.15) is 35.5 Å². The van der Waals surface area contributed by atoms with Crippen molar-refractivity contribution in [3.63, 3.8) is 0 Å². The number of likely N-dealkylation sites (tertiary alicyclic amines) is 1. The molecule has 5 bridgehead atoms. The van der Waals surface area contributed by atoms with E-state index in [1.54, 1.807) is 49.3 Å². The number of ether oxygens (including phenoxy) is 3. The van der Waals surface area contributed by atoms with Gasteiger partial charge in [-0.3, -0.25) is 19.2 Å². The molecular formula is C31H38BrN3O8. The summed E-state index contributed by atoms with van der Waals surface area (Å²) in [5.74, 6) is -3.37. The standard InChI is InChI=1S/C31H38BrN3O8/c1-17(2)22(16-36)35-27-29(39)34(19-9-11-20(41-4)12-10-19)13-7-5-6-8-23(37)33-15-18(3)42-30(40)24-25(28(35)38)31(27)14-21(32)26(24)43-31/h5,7,9-12,14,17-18,22,24-27,36H,6,8,13,15-16H2,1-4H3,(H,33,37)/b7-5-/t18-,22-,24+,25-,26+,27+,31-/m0/s1. The summed E-state index contributed by atoms with van der Waals surface area (Å²) in [7, 11) is 1.55. The molecule has 0 aromatic heterocycles. The van der Waals surface area contributed by atoms with Crippen molar-refractivity contribution in [3.05, 3.63) is 47.0 Å². The SMILES string of the molecule is COc1ccc(N2C/C=C\CCC(=O)NC[C@H](C)OC(=O)[C@H]3[C@@H]4O[C@@]5(C=C4Br)[C@@H]3C(=O)N([C@@H](CO)C(C)C)[C@@H]5C2=O)cc1. The maximum atomic E-state index is 14.8. The number of allylic oxidation sites excluding steroid dienone is 1. The Morgan fingerprint density at radius 1 is 1.14 bits per heavy atom. The molecule has 4 aliphatic heterocycles. The van der Waals surface area contributed by atoms with E-state index in [4.69, 9.17) is 14.2 Å². The fourth-order valence-corrected chi connectivity index (χ4v) is 7.33. The van der Waals surface area contributed by atoms with E-state index in [-0.39, 0.29) is 37.9 Å². The normalized spacial score (nSPS) is 32.8. The van der Waals surface area contributed by atoms with E-state index in [0.717, 1.165) is 0 Å². The number of hydrogen-bond acceptors (Lipinski definition) is 8. The Balaban J connectivity index is 1.66. The fraction of sp³-hybridized carbons (Fsp3) is 0.548. The number of nitrogens with one attached hydrogen (secondary N) is 1. The van der Waals surface area contributed by atoms with Crippen molar-refractivity contribution in [3.8, 4) is 5.75 Å². The number of benzene rings is 1. The molecule has 0 radical (unpaired) electrons. The molecular weight excluding hydrogens is 622 g/mol. The maximum Gasteiger partial charge on any atom is 0.313 e. The zero-order chi connectivity index (χ0) is 31.1. The van der Waals surface area contributed by atoms with Crippen LogP contribution in [0.25, 0.3) is 0 Å². The average molecular weight is 661 g/mol. The van der Waals surface area contributed by atoms with Gasteiger partial charge in [-0.15, -0.1) is 0 Å². The minimum atomic E-state index is -1.47. The molecule has 2 N–H and O–H groups in total. The quantitative estimate of drug-likeness (QED) is 0.363. The molecule has 4 heterocycles. The number of fused-ring (bicyclic) bond motifs is 2. The van der Waals surface area contributed by atoms with Crippen LogP contribution in [0.15, 0.2) is 47.0 Å². The molecule has 43 heavy (non-hydrogen) atoms. The van der Waals surface area contributed by atoms with Crippen LogP contribution < -0.4 is 15.0 Å². The first-order valence-corrected chi connectivity index (χ1v) is 15.4. The number of halogens is 1. The second kappa shape index (κ2) is 12.4. The van der Waals surface area contributed by atoms with Gasteiger partial charge in [0, 0.05) is 23.1 Å². The van der Waals surface area contributed by atoms with Crippen LogP contribution in [-0.2, 0) is 28.7 Å². The van der Waals surface area contributed by atoms with E-state index in [1.165, 1.54) is 4.90 Å². The highest BCUT2D eigenvalue weighted by molar-refractivity contribution is 9.11. The summed E-state index contributed by atoms with van der Waals surface area (Å²) in [6, 6.07) is 5.10. The van der Waals surface area contributed by atoms with Crippen molar-refractivity contribution in [2.24, 2.45) is 17.8 Å². The van der Waals surface area contributed by atoms with Gasteiger partial charge < -0.3 is 34.4 Å². The molecule has 0 aliphatic carbocycles. The van der Waals surface area contributed by atoms with E-state index >= 15 is 0 Å². The molecule has 5 rings (SSSR count). The lowest BCUT2D eigenvalue weighted by atomic mass is 9.74. The summed E-state index contributed by atoms with van der Waals surface area (Å²) in [4.78, 5) is 58.3. The van der Waals surface area contributed by atoms with E-state index in [1.807, 2.05) is 26.0 Å². The van der Waals surface area contributed by atoms with Gasteiger partial charge in [-0.25, -0.2) is 0 Å². The van der Waals surface area contributed by atoms with Crippen molar-refractivity contribution in [2.75, 3.05) is 31.7 Å². The Morgan fingerprint density at radius 2 is 1.86 bits per heavy atom. The Hall–Kier alpha value is -3.22. The van der Waals surface area contributed by atoms with Crippen LogP contribution in [0.5, 0.6) is 5.75 Å². The lowest BCUT2D eigenvalue weighted by Crippen LogP contribution is -2.59. The molecule has 1 spiro atoms. The monoisotopic (exact) mass is 659 g/mol. The predicted octanol–water partition coefficient (Wildman–Crippen LogP) is 2.32. The Bertz CT molecular complexity index is 1330. The van der Waals surface area contributed by atoms with Crippen molar-refractivity contribution in [1.29, 1.82) is 0 Å². The topological polar surface area (TPSA) is 135 Å². The molecule has 4 aliphatic rings. The first-order valence-electron chi connectivity index (χ1n) is 14.6. The van der Waals surface area contributed by atoms with E-state index in [2.05, 4.69) is 21.2 Å². The summed E-state index contributed by atoms with van der Waals surface area (Å²) < 4.78 is 18.1. The number of rotatable bonds is 5. The number of nitrogens with zero attached hydrogens (tertiary/aromatic N) is 2. The molecule has 2 saturated heterocycles. The Morgan fingerprint density at radius 3 is 2.51 bits per heavy atom. The smallest absolute Gasteiger partial charge is 0.313 e. The minimum absolute atomic E-state index is 0.117. The van der Waals surface area contributed by atoms with Crippen LogP contribution >= 0.6 is 15.9 Å². The Labute approximate surface area is 259 Å². The van der Waals surface area contributed by atoms with Crippen molar-refractivity contribution >= 4 is 45.3 Å². The molecule has 232 valence electrons. The lowest BCUT2D eigenvalue weighted by molar-refractivity contribution is -0.159. The van der Waals surface area contributed by atoms with Gasteiger partial charge in [-0.2, -0.15) is 0 Å². The third-order valence-electron chi connectivity index (χ3n) is 8.73. The second-order valence-electron chi connectivity index (χ2n) is 11.8. The maximum absolute atomic E-state index is 14.8. The molecule has 0 unspecified atom stereocenters. The number of anilines is 1. The minimum Gasteiger partial charge on any atom is -0.497 e. The van der Waals surface area contributed by atoms with Gasteiger partial charge in [0.2, 0.25) is 11.8 Å². The zero-order valence-corrected chi connectivity index (χ0v) is 26.3. The largest absolute Gasteiger partial charge is 0.497 e. The molecule has 7 atom stereocenters. The number of hydrogen-bond donors (Lipinski definition) is 2. The van der Waals surface area contributed by atoms with Gasteiger partial charge in [-0.1, -0.05) is 41.9 Å². The highest BCUT2D eigenvalue weighted by Crippen LogP contribution is 2.59. The third kappa shape index (κ3) is 5.49. The number of cyclic esters (lactones) is 1. The molecule has 12 heteroatoms. The number of amides is 3. The lowest BCUT2D eigenvalue weighted by Gasteiger charge is -2.40. The van der Waals surface area contributed by atoms with Crippen LogP contribution in [-0.4, -0.2) is 90.4 Å². The third-order valence-corrected chi connectivity index (χ3v) is 9.41. The molecule has 0 saturated carbocycles. The van der Waals surface area contributed by atoms with Crippen molar-refractivity contribution < 1.29 is 38.5 Å². The molecule has 3 amide bonds. The zero-order valence-electron chi connectivity index (χ0n) is 24.7. The van der Waals surface area contributed by atoms with Crippen molar-refractivity contribution in [2.45, 2.75) is 63.5 Å². The highest BCUT2D eigenvalue weighted by Gasteiger charge is 2.75. The number of carbonyl (C=O) groups excluding carboxylic acids is 4. The number of aliphatic hydroxyl groups excluding tert-OH is 1. The molecule has 1 aromatic rings. The second-order valence-corrected chi connectivity index (χ2v) is 12.7. The predicted molar refractivity (Wildman–Crippen MR) is 160 cm³/mol. The van der Waals surface area contributed by atoms with Crippen LogP contribution in [0.1, 0.15) is 33.6 Å². The molecule has 1 aromatic carbocycles. The van der Waals surface area contributed by atoms with Crippen LogP contribution in [0.4, 0.5) is 5.69 Å². The van der Waals surface area contributed by atoms with Crippen molar-refractivity contribution in [1.82, 2.24) is 10.2 Å². The summed E-state index contributed by atoms with van der Waals surface area (Å²) >= 11 is 3.54. The summed E-state index contributed by atoms with van der Waals surface area (Å²) in [5, 5.41) is 13.3. The number of esters is 1. The average Bonchev–Trinajstić information content (AvgIpc) is 3.57.